The Labute approximate surface area is 96.3 Å². The molecule has 2 N–H and O–H groups in total. The molecule has 0 heterocycles. The molecule has 4 nitrogen and oxygen atoms in total. The Hall–Kier alpha value is -1.26. The Bertz CT molecular complexity index is 350. The van der Waals surface area contributed by atoms with E-state index in [1.807, 2.05) is 25.1 Å². The summed E-state index contributed by atoms with van der Waals surface area (Å²) in [5, 5.41) is 0. The first-order valence-corrected chi connectivity index (χ1v) is 5.07. The van der Waals surface area contributed by atoms with Crippen LogP contribution in [0.25, 0.3) is 0 Å². The molecule has 1 unspecified atom stereocenters. The summed E-state index contributed by atoms with van der Waals surface area (Å²) in [6.07, 6.45) is 0.615. The van der Waals surface area contributed by atoms with Crippen LogP contribution in [0.2, 0.25) is 0 Å². The minimum Gasteiger partial charge on any atom is -0.493 e. The van der Waals surface area contributed by atoms with Gasteiger partial charge in [0.2, 0.25) is 0 Å². The van der Waals surface area contributed by atoms with Crippen molar-refractivity contribution in [2.45, 2.75) is 19.1 Å². The van der Waals surface area contributed by atoms with Crippen LogP contribution in [-0.4, -0.2) is 27.1 Å². The van der Waals surface area contributed by atoms with Gasteiger partial charge in [-0.1, -0.05) is 6.07 Å². The van der Waals surface area contributed by atoms with Crippen molar-refractivity contribution in [1.29, 1.82) is 0 Å². The number of nitrogens with two attached hydrogens (primary N) is 1. The molecule has 1 atom stereocenters. The highest BCUT2D eigenvalue weighted by atomic mass is 16.5. The van der Waals surface area contributed by atoms with Gasteiger partial charge in [0.05, 0.1) is 14.2 Å². The van der Waals surface area contributed by atoms with Crippen LogP contribution < -0.4 is 15.2 Å². The molecule has 16 heavy (non-hydrogen) atoms. The molecule has 0 spiro atoms. The molecule has 0 amide bonds. The van der Waals surface area contributed by atoms with Crippen molar-refractivity contribution in [3.8, 4) is 11.5 Å². The van der Waals surface area contributed by atoms with Gasteiger partial charge in [0.1, 0.15) is 5.72 Å². The Kier molecular flexibility index (Phi) is 4.15. The second kappa shape index (κ2) is 5.18. The molecule has 0 saturated heterocycles. The quantitative estimate of drug-likeness (QED) is 0.773. The average Bonchev–Trinajstić information content (AvgIpc) is 2.28. The smallest absolute Gasteiger partial charge is 0.160 e. The maximum Gasteiger partial charge on any atom is 0.160 e. The molecule has 90 valence electrons. The summed E-state index contributed by atoms with van der Waals surface area (Å²) in [5.41, 5.74) is 6.29. The molecule has 0 radical (unpaired) electrons. The lowest BCUT2D eigenvalue weighted by Gasteiger charge is -2.23. The number of hydrogen-bond acceptors (Lipinski definition) is 4. The lowest BCUT2D eigenvalue weighted by Crippen LogP contribution is -2.40. The maximum absolute atomic E-state index is 5.92. The zero-order valence-electron chi connectivity index (χ0n) is 10.2. The molecule has 1 aromatic carbocycles. The second-order valence-electron chi connectivity index (χ2n) is 3.88. The van der Waals surface area contributed by atoms with E-state index in [0.717, 1.165) is 5.56 Å². The Balaban J connectivity index is 2.91. The maximum atomic E-state index is 5.92. The SMILES string of the molecule is COc1ccc(CC(C)(N)OC)cc1OC. The van der Waals surface area contributed by atoms with Crippen molar-refractivity contribution in [1.82, 2.24) is 0 Å². The van der Waals surface area contributed by atoms with Crippen molar-refractivity contribution in [2.24, 2.45) is 5.73 Å². The number of methoxy groups -OCH3 is 3. The van der Waals surface area contributed by atoms with Crippen LogP contribution in [0.4, 0.5) is 0 Å². The monoisotopic (exact) mass is 225 g/mol. The summed E-state index contributed by atoms with van der Waals surface area (Å²) in [5.74, 6) is 1.41. The number of hydrogen-bond donors (Lipinski definition) is 1. The second-order valence-corrected chi connectivity index (χ2v) is 3.88. The number of benzene rings is 1. The van der Waals surface area contributed by atoms with Crippen molar-refractivity contribution >= 4 is 0 Å². The van der Waals surface area contributed by atoms with Crippen molar-refractivity contribution in [3.63, 3.8) is 0 Å². The average molecular weight is 225 g/mol. The highest BCUT2D eigenvalue weighted by molar-refractivity contribution is 5.43. The standard InChI is InChI=1S/C12H19NO3/c1-12(13,16-4)8-9-5-6-10(14-2)11(7-9)15-3/h5-7H,8,13H2,1-4H3. The molecular formula is C12H19NO3. The lowest BCUT2D eigenvalue weighted by molar-refractivity contribution is 0.0121. The molecule has 0 aromatic heterocycles. The van der Waals surface area contributed by atoms with Crippen LogP contribution >= 0.6 is 0 Å². The highest BCUT2D eigenvalue weighted by Crippen LogP contribution is 2.28. The summed E-state index contributed by atoms with van der Waals surface area (Å²) in [4.78, 5) is 0. The van der Waals surface area contributed by atoms with Crippen LogP contribution in [0.1, 0.15) is 12.5 Å². The van der Waals surface area contributed by atoms with Crippen LogP contribution in [-0.2, 0) is 11.2 Å². The Morgan fingerprint density at radius 1 is 1.12 bits per heavy atom. The van der Waals surface area contributed by atoms with E-state index in [1.54, 1.807) is 21.3 Å². The van der Waals surface area contributed by atoms with Crippen LogP contribution in [0, 0.1) is 0 Å². The normalized spacial score (nSPS) is 14.3. The molecule has 0 aliphatic carbocycles. The summed E-state index contributed by atoms with van der Waals surface area (Å²) in [6, 6.07) is 5.72. The van der Waals surface area contributed by atoms with Crippen LogP contribution in [0.3, 0.4) is 0 Å². The summed E-state index contributed by atoms with van der Waals surface area (Å²) >= 11 is 0. The van der Waals surface area contributed by atoms with Crippen LogP contribution in [0.5, 0.6) is 11.5 Å². The summed E-state index contributed by atoms with van der Waals surface area (Å²) in [6.45, 7) is 1.84. The van der Waals surface area contributed by atoms with E-state index >= 15 is 0 Å². The summed E-state index contributed by atoms with van der Waals surface area (Å²) < 4.78 is 15.6. The molecule has 0 bridgehead atoms. The minimum absolute atomic E-state index is 0.615. The predicted molar refractivity (Wildman–Crippen MR) is 62.9 cm³/mol. The van der Waals surface area contributed by atoms with Crippen LogP contribution in [0.15, 0.2) is 18.2 Å². The van der Waals surface area contributed by atoms with Gasteiger partial charge < -0.3 is 19.9 Å². The summed E-state index contributed by atoms with van der Waals surface area (Å²) in [7, 11) is 4.82. The van der Waals surface area contributed by atoms with E-state index in [4.69, 9.17) is 19.9 Å². The van der Waals surface area contributed by atoms with E-state index in [9.17, 15) is 0 Å². The fourth-order valence-corrected chi connectivity index (χ4v) is 1.47. The van der Waals surface area contributed by atoms with Gasteiger partial charge in [-0.15, -0.1) is 0 Å². The van der Waals surface area contributed by atoms with E-state index < -0.39 is 5.72 Å². The molecule has 0 aliphatic heterocycles. The third kappa shape index (κ3) is 3.12. The zero-order valence-corrected chi connectivity index (χ0v) is 10.2. The topological polar surface area (TPSA) is 53.7 Å². The van der Waals surface area contributed by atoms with Gasteiger partial charge in [0.15, 0.2) is 11.5 Å². The molecule has 4 heteroatoms. The zero-order chi connectivity index (χ0) is 12.2. The number of rotatable bonds is 5. The molecule has 0 aliphatic rings. The van der Waals surface area contributed by atoms with Gasteiger partial charge in [-0.3, -0.25) is 0 Å². The first-order chi connectivity index (χ1) is 7.52. The van der Waals surface area contributed by atoms with E-state index in [2.05, 4.69) is 0 Å². The molecule has 0 saturated carbocycles. The van der Waals surface area contributed by atoms with Gasteiger partial charge in [-0.2, -0.15) is 0 Å². The fourth-order valence-electron chi connectivity index (χ4n) is 1.47. The third-order valence-corrected chi connectivity index (χ3v) is 2.47. The van der Waals surface area contributed by atoms with Gasteiger partial charge >= 0.3 is 0 Å². The Morgan fingerprint density at radius 2 is 1.75 bits per heavy atom. The fraction of sp³-hybridized carbons (Fsp3) is 0.500. The van der Waals surface area contributed by atoms with Gasteiger partial charge in [0, 0.05) is 13.5 Å². The molecule has 1 aromatic rings. The van der Waals surface area contributed by atoms with Crippen molar-refractivity contribution in [2.75, 3.05) is 21.3 Å². The number of ether oxygens (including phenoxy) is 3. The minimum atomic E-state index is -0.667. The third-order valence-electron chi connectivity index (χ3n) is 2.47. The molecule has 0 fully saturated rings. The van der Waals surface area contributed by atoms with E-state index in [1.165, 1.54) is 0 Å². The van der Waals surface area contributed by atoms with E-state index in [0.29, 0.717) is 17.9 Å². The van der Waals surface area contributed by atoms with Gasteiger partial charge in [0.25, 0.3) is 0 Å². The van der Waals surface area contributed by atoms with Crippen molar-refractivity contribution < 1.29 is 14.2 Å². The Morgan fingerprint density at radius 3 is 2.25 bits per heavy atom. The first-order valence-electron chi connectivity index (χ1n) is 5.07. The lowest BCUT2D eigenvalue weighted by atomic mass is 10.0. The van der Waals surface area contributed by atoms with Crippen molar-refractivity contribution in [3.05, 3.63) is 23.8 Å². The van der Waals surface area contributed by atoms with E-state index in [-0.39, 0.29) is 0 Å². The van der Waals surface area contributed by atoms with Gasteiger partial charge in [-0.05, 0) is 24.6 Å². The first kappa shape index (κ1) is 12.8. The molecular weight excluding hydrogens is 206 g/mol. The molecule has 1 rings (SSSR count). The predicted octanol–water partition coefficient (Wildman–Crippen LogP) is 1.57. The van der Waals surface area contributed by atoms with Gasteiger partial charge in [-0.25, -0.2) is 0 Å². The highest BCUT2D eigenvalue weighted by Gasteiger charge is 2.18. The largest absolute Gasteiger partial charge is 0.493 e.